The Morgan fingerprint density at radius 1 is 1.20 bits per heavy atom. The van der Waals surface area contributed by atoms with Gasteiger partial charge in [-0.1, -0.05) is 37.8 Å². The number of halogens is 2. The van der Waals surface area contributed by atoms with Crippen molar-refractivity contribution in [3.05, 3.63) is 53.4 Å². The van der Waals surface area contributed by atoms with Gasteiger partial charge in [0.1, 0.15) is 23.5 Å². The van der Waals surface area contributed by atoms with E-state index >= 15 is 0 Å². The van der Waals surface area contributed by atoms with Crippen LogP contribution >= 0.6 is 0 Å². The molecule has 11 nitrogen and oxygen atoms in total. The van der Waals surface area contributed by atoms with Crippen molar-refractivity contribution in [1.29, 1.82) is 0 Å². The highest BCUT2D eigenvalue weighted by atomic mass is 19.3. The Kier molecular flexibility index (Phi) is 9.80. The van der Waals surface area contributed by atoms with Gasteiger partial charge in [-0.25, -0.2) is 18.7 Å². The molecule has 13 heteroatoms. The molecule has 6 rings (SSSR count). The number of allylic oxidation sites excluding steroid dienone is 1. The zero-order valence-electron chi connectivity index (χ0n) is 26.3. The summed E-state index contributed by atoms with van der Waals surface area (Å²) in [4.78, 5) is 41.0. The fourth-order valence-electron chi connectivity index (χ4n) is 6.49. The highest BCUT2D eigenvalue weighted by Gasteiger charge is 2.39. The summed E-state index contributed by atoms with van der Waals surface area (Å²) >= 11 is 0. The number of aliphatic hydroxyl groups excluding tert-OH is 1. The summed E-state index contributed by atoms with van der Waals surface area (Å²) in [5.41, 5.74) is 0.992. The summed E-state index contributed by atoms with van der Waals surface area (Å²) in [6.07, 6.45) is 3.81. The van der Waals surface area contributed by atoms with Gasteiger partial charge in [0.25, 0.3) is 12.4 Å². The number of piperidine rings is 1. The number of likely N-dealkylation sites (tertiary alicyclic amines) is 1. The fraction of sp³-hybridized carbons (Fsp3) is 0.424. The Hall–Kier alpha value is -4.65. The van der Waals surface area contributed by atoms with Gasteiger partial charge in [-0.05, 0) is 37.5 Å². The number of amides is 1. The van der Waals surface area contributed by atoms with E-state index in [1.165, 1.54) is 0 Å². The number of nitrogens with zero attached hydrogens (tertiary/aromatic N) is 6. The van der Waals surface area contributed by atoms with Crippen molar-refractivity contribution in [3.8, 4) is 6.01 Å². The molecule has 1 N–H and O–H groups in total. The maximum Gasteiger partial charge on any atom is 0.297 e. The Morgan fingerprint density at radius 2 is 1.96 bits per heavy atom. The molecule has 4 atom stereocenters. The Morgan fingerprint density at radius 3 is 2.61 bits per heavy atom. The normalized spacial score (nSPS) is 22.4. The van der Waals surface area contributed by atoms with Gasteiger partial charge >= 0.3 is 0 Å². The number of aromatic nitrogens is 4. The summed E-state index contributed by atoms with van der Waals surface area (Å²) in [5.74, 6) is -0.342. The molecular weight excluding hydrogens is 598 g/mol. The molecule has 244 valence electrons. The summed E-state index contributed by atoms with van der Waals surface area (Å²) in [5, 5.41) is 9.15. The number of anilines is 1. The standard InChI is InChI=1S/C32H34F2N6O4.CH4O/c1-5-9-23-24(6-2)40(25-12-13-38(19(4)42)15-18(25)3)32(35-23)43-21-14-20(17-41)39(16-21)31-28-27(36-30(37-31)29(33)34)22-10-7-8-11-26(22)44-28;1-2/h5-11,17-18,20-21,25,29H,1,12-16H2,2-4H3;2H,1H3/b23-9+,24-6+;/t18?,20-,21-,25+;/m0./s1. The highest BCUT2D eigenvalue weighted by Crippen LogP contribution is 2.38. The number of benzene rings is 1. The number of hydrogen-bond acceptors (Lipinski definition) is 9. The van der Waals surface area contributed by atoms with Gasteiger partial charge in [0.05, 0.1) is 23.3 Å². The van der Waals surface area contributed by atoms with E-state index in [1.54, 1.807) is 42.2 Å². The Bertz CT molecular complexity index is 1870. The molecule has 3 aromatic heterocycles. The topological polar surface area (TPSA) is 127 Å². The number of para-hydroxylation sites is 1. The third-order valence-corrected chi connectivity index (χ3v) is 8.55. The van der Waals surface area contributed by atoms with Crippen LogP contribution in [0.5, 0.6) is 6.01 Å². The molecule has 4 aromatic rings. The van der Waals surface area contributed by atoms with Crippen LogP contribution in [0, 0.1) is 5.92 Å². The molecule has 0 bridgehead atoms. The monoisotopic (exact) mass is 636 g/mol. The lowest BCUT2D eigenvalue weighted by Crippen LogP contribution is -2.45. The summed E-state index contributed by atoms with van der Waals surface area (Å²) in [6, 6.07) is 6.75. The largest absolute Gasteiger partial charge is 0.459 e. The van der Waals surface area contributed by atoms with Crippen LogP contribution in [0.15, 0.2) is 41.3 Å². The van der Waals surface area contributed by atoms with Crippen LogP contribution in [0.1, 0.15) is 51.9 Å². The van der Waals surface area contributed by atoms with Crippen LogP contribution in [-0.2, 0) is 9.59 Å². The van der Waals surface area contributed by atoms with E-state index in [4.69, 9.17) is 19.2 Å². The Balaban J connectivity index is 0.00000204. The number of aldehydes is 1. The maximum atomic E-state index is 14.0. The molecule has 5 heterocycles. The summed E-state index contributed by atoms with van der Waals surface area (Å²) in [7, 11) is 1.00. The smallest absolute Gasteiger partial charge is 0.297 e. The third kappa shape index (κ3) is 5.98. The van der Waals surface area contributed by atoms with Gasteiger partial charge in [-0.15, -0.1) is 0 Å². The molecule has 1 aromatic carbocycles. The lowest BCUT2D eigenvalue weighted by molar-refractivity contribution is -0.131. The molecule has 0 aliphatic carbocycles. The molecule has 1 unspecified atom stereocenters. The van der Waals surface area contributed by atoms with Gasteiger partial charge in [-0.2, -0.15) is 4.98 Å². The van der Waals surface area contributed by atoms with Crippen molar-refractivity contribution < 1.29 is 32.6 Å². The van der Waals surface area contributed by atoms with Crippen LogP contribution in [-0.4, -0.2) is 80.6 Å². The molecule has 0 radical (unpaired) electrons. The number of hydrogen-bond donors (Lipinski definition) is 1. The lowest BCUT2D eigenvalue weighted by Gasteiger charge is -2.37. The molecule has 0 spiro atoms. The first-order valence-corrected chi connectivity index (χ1v) is 15.2. The van der Waals surface area contributed by atoms with Crippen LogP contribution in [0.2, 0.25) is 0 Å². The quantitative estimate of drug-likeness (QED) is 0.303. The fourth-order valence-corrected chi connectivity index (χ4v) is 6.49. The van der Waals surface area contributed by atoms with E-state index in [0.717, 1.165) is 25.2 Å². The highest BCUT2D eigenvalue weighted by molar-refractivity contribution is 6.06. The number of imidazole rings is 1. The van der Waals surface area contributed by atoms with Gasteiger partial charge in [0.2, 0.25) is 5.91 Å². The second-order valence-electron chi connectivity index (χ2n) is 11.3. The molecule has 2 saturated heterocycles. The van der Waals surface area contributed by atoms with Gasteiger partial charge in [0, 0.05) is 45.0 Å². The first-order chi connectivity index (χ1) is 22.2. The van der Waals surface area contributed by atoms with E-state index in [1.807, 2.05) is 24.0 Å². The molecule has 1 amide bonds. The lowest BCUT2D eigenvalue weighted by atomic mass is 9.93. The number of carbonyl (C=O) groups excluding carboxylic acids is 2. The molecule has 0 saturated carbocycles. The second-order valence-corrected chi connectivity index (χ2v) is 11.3. The average molecular weight is 637 g/mol. The first kappa shape index (κ1) is 32.7. The van der Waals surface area contributed by atoms with Crippen molar-refractivity contribution in [1.82, 2.24) is 24.4 Å². The van der Waals surface area contributed by atoms with Crippen molar-refractivity contribution in [3.63, 3.8) is 0 Å². The van der Waals surface area contributed by atoms with Crippen LogP contribution in [0.4, 0.5) is 14.6 Å². The molecule has 2 aliphatic rings. The number of rotatable bonds is 7. The number of alkyl halides is 2. The molecule has 2 fully saturated rings. The van der Waals surface area contributed by atoms with E-state index in [2.05, 4.69) is 28.0 Å². The second kappa shape index (κ2) is 13.8. The number of ether oxygens (including phenoxy) is 1. The summed E-state index contributed by atoms with van der Waals surface area (Å²) in [6.45, 7) is 10.9. The maximum absolute atomic E-state index is 14.0. The van der Waals surface area contributed by atoms with Gasteiger partial charge in [-0.3, -0.25) is 9.36 Å². The van der Waals surface area contributed by atoms with Crippen molar-refractivity contribution in [2.24, 2.45) is 5.92 Å². The van der Waals surface area contributed by atoms with E-state index in [-0.39, 0.29) is 47.8 Å². The number of furan rings is 1. The SMILES string of the molecule is C=C/C=c1/nc(O[C@H]2C[C@@H](C=O)N(c3nc(C(F)F)nc4c3oc3ccccc34)C2)n([C@@H]2CCN(C(C)=O)CC2C)/c1=C/C.CO. The molecule has 46 heavy (non-hydrogen) atoms. The summed E-state index contributed by atoms with van der Waals surface area (Å²) < 4.78 is 42.6. The van der Waals surface area contributed by atoms with Crippen LogP contribution < -0.4 is 20.3 Å². The van der Waals surface area contributed by atoms with Crippen molar-refractivity contribution >= 4 is 52.2 Å². The number of fused-ring (bicyclic) bond motifs is 3. The molecular formula is C33H38F2N6O5. The van der Waals surface area contributed by atoms with Crippen LogP contribution in [0.3, 0.4) is 0 Å². The minimum absolute atomic E-state index is 0.0104. The van der Waals surface area contributed by atoms with E-state index in [0.29, 0.717) is 35.4 Å². The average Bonchev–Trinajstić information content (AvgIpc) is 3.74. The van der Waals surface area contributed by atoms with Crippen molar-refractivity contribution in [2.75, 3.05) is 31.6 Å². The van der Waals surface area contributed by atoms with Crippen molar-refractivity contribution in [2.45, 2.75) is 58.2 Å². The predicted molar refractivity (Wildman–Crippen MR) is 170 cm³/mol. The van der Waals surface area contributed by atoms with E-state index in [9.17, 15) is 18.4 Å². The number of carbonyl (C=O) groups is 2. The first-order valence-electron chi connectivity index (χ1n) is 15.2. The Labute approximate surface area is 264 Å². The minimum Gasteiger partial charge on any atom is -0.459 e. The predicted octanol–water partition coefficient (Wildman–Crippen LogP) is 3.54. The molecule has 2 aliphatic heterocycles. The number of aliphatic hydroxyl groups is 1. The minimum atomic E-state index is -2.91. The zero-order valence-corrected chi connectivity index (χ0v) is 26.3. The van der Waals surface area contributed by atoms with Gasteiger partial charge in [0.15, 0.2) is 17.2 Å². The van der Waals surface area contributed by atoms with Gasteiger partial charge < -0.3 is 28.9 Å². The third-order valence-electron chi connectivity index (χ3n) is 8.55. The zero-order chi connectivity index (χ0) is 33.1. The van der Waals surface area contributed by atoms with Crippen LogP contribution in [0.25, 0.3) is 34.2 Å². The van der Waals surface area contributed by atoms with E-state index < -0.39 is 24.4 Å².